The van der Waals surface area contributed by atoms with Crippen LogP contribution >= 0.6 is 7.75 Å². The molecule has 1 aromatic heterocycles. The van der Waals surface area contributed by atoms with Gasteiger partial charge in [-0.2, -0.15) is 0 Å². The molecule has 2 aromatic carbocycles. The van der Waals surface area contributed by atoms with Gasteiger partial charge in [-0.05, 0) is 16.7 Å². The number of hydrogen-bond acceptors (Lipinski definition) is 5. The van der Waals surface area contributed by atoms with E-state index in [0.29, 0.717) is 6.54 Å². The predicted octanol–water partition coefficient (Wildman–Crippen LogP) is 3.47. The molecule has 0 saturated heterocycles. The molecule has 8 nitrogen and oxygen atoms in total. The van der Waals surface area contributed by atoms with E-state index in [2.05, 4.69) is 10.3 Å². The van der Waals surface area contributed by atoms with E-state index in [9.17, 15) is 14.3 Å². The Morgan fingerprint density at radius 3 is 2.39 bits per heavy atom. The molecule has 1 unspecified atom stereocenters. The first-order chi connectivity index (χ1) is 13.5. The van der Waals surface area contributed by atoms with Gasteiger partial charge in [-0.1, -0.05) is 54.6 Å². The Bertz CT molecular complexity index is 930. The minimum absolute atomic E-state index is 0.0290. The minimum Gasteiger partial charge on any atom is -0.445 e. The van der Waals surface area contributed by atoms with E-state index in [1.165, 1.54) is 18.7 Å². The Balaban J connectivity index is 1.43. The normalized spacial score (nSPS) is 12.9. The van der Waals surface area contributed by atoms with Crippen LogP contribution in [0.4, 0.5) is 4.79 Å². The molecule has 0 bridgehead atoms. The fourth-order valence-electron chi connectivity index (χ4n) is 2.33. The Morgan fingerprint density at radius 1 is 1.04 bits per heavy atom. The number of rotatable bonds is 8. The summed E-state index contributed by atoms with van der Waals surface area (Å²) in [7, 11) is -3.95. The van der Waals surface area contributed by atoms with Crippen LogP contribution in [0.5, 0.6) is 0 Å². The average Bonchev–Trinajstić information content (AvgIpc) is 3.27. The zero-order valence-electron chi connectivity index (χ0n) is 15.0. The van der Waals surface area contributed by atoms with Crippen molar-refractivity contribution in [2.45, 2.75) is 19.8 Å². The predicted molar refractivity (Wildman–Crippen MR) is 102 cm³/mol. The number of alkyl carbamates (subject to hydrolysis) is 1. The molecule has 0 aliphatic heterocycles. The zero-order valence-corrected chi connectivity index (χ0v) is 15.9. The van der Waals surface area contributed by atoms with Crippen molar-refractivity contribution < 1.29 is 23.5 Å². The number of imidazole rings is 1. The SMILES string of the molecule is O=C(NCc1ccc(COP(=O)(O)n2ccnc2)cc1)OCc1ccccc1. The number of nitrogens with zero attached hydrogens (tertiary/aromatic N) is 2. The maximum atomic E-state index is 12.1. The molecule has 0 fully saturated rings. The van der Waals surface area contributed by atoms with Crippen molar-refractivity contribution in [3.63, 3.8) is 0 Å². The number of ether oxygens (including phenoxy) is 1. The first-order valence-electron chi connectivity index (χ1n) is 8.51. The molecule has 146 valence electrons. The molecular formula is C19H20N3O5P. The maximum absolute atomic E-state index is 12.1. The number of benzene rings is 2. The summed E-state index contributed by atoms with van der Waals surface area (Å²) in [5, 5.41) is 2.68. The van der Waals surface area contributed by atoms with Crippen LogP contribution in [0.3, 0.4) is 0 Å². The van der Waals surface area contributed by atoms with Crippen LogP contribution < -0.4 is 5.32 Å². The van der Waals surface area contributed by atoms with Gasteiger partial charge in [-0.3, -0.25) is 4.52 Å². The second-order valence-corrected chi connectivity index (χ2v) is 7.64. The van der Waals surface area contributed by atoms with Crippen molar-refractivity contribution in [2.75, 3.05) is 0 Å². The highest BCUT2D eigenvalue weighted by Gasteiger charge is 2.21. The second kappa shape index (κ2) is 9.32. The molecule has 3 aromatic rings. The third-order valence-corrected chi connectivity index (χ3v) is 5.14. The monoisotopic (exact) mass is 401 g/mol. The van der Waals surface area contributed by atoms with Gasteiger partial charge in [0.1, 0.15) is 12.9 Å². The molecule has 0 aliphatic carbocycles. The third-order valence-electron chi connectivity index (χ3n) is 3.85. The van der Waals surface area contributed by atoms with Gasteiger partial charge in [0.15, 0.2) is 0 Å². The van der Waals surface area contributed by atoms with Crippen molar-refractivity contribution in [3.05, 3.63) is 90.0 Å². The van der Waals surface area contributed by atoms with E-state index in [1.54, 1.807) is 24.3 Å². The number of carbonyl (C=O) groups excluding carboxylic acids is 1. The summed E-state index contributed by atoms with van der Waals surface area (Å²) in [6.07, 6.45) is 3.50. The highest BCUT2D eigenvalue weighted by molar-refractivity contribution is 7.51. The van der Waals surface area contributed by atoms with E-state index >= 15 is 0 Å². The van der Waals surface area contributed by atoms with E-state index < -0.39 is 13.8 Å². The highest BCUT2D eigenvalue weighted by Crippen LogP contribution is 2.43. The second-order valence-electron chi connectivity index (χ2n) is 5.94. The average molecular weight is 401 g/mol. The van der Waals surface area contributed by atoms with Gasteiger partial charge in [0, 0.05) is 18.9 Å². The van der Waals surface area contributed by atoms with Crippen LogP contribution in [-0.4, -0.2) is 20.3 Å². The van der Waals surface area contributed by atoms with Crippen LogP contribution in [0.1, 0.15) is 16.7 Å². The highest BCUT2D eigenvalue weighted by atomic mass is 31.2. The van der Waals surface area contributed by atoms with Gasteiger partial charge in [-0.25, -0.2) is 18.7 Å². The number of nitrogens with one attached hydrogen (secondary N) is 1. The zero-order chi connectivity index (χ0) is 19.8. The van der Waals surface area contributed by atoms with Gasteiger partial charge in [-0.15, -0.1) is 0 Å². The molecule has 9 heteroatoms. The Kier molecular flexibility index (Phi) is 6.60. The fraction of sp³-hybridized carbons (Fsp3) is 0.158. The van der Waals surface area contributed by atoms with Crippen molar-refractivity contribution in [1.82, 2.24) is 14.6 Å². The number of aromatic nitrogens is 2. The molecule has 1 atom stereocenters. The van der Waals surface area contributed by atoms with Gasteiger partial charge in [0.05, 0.1) is 6.61 Å². The largest absolute Gasteiger partial charge is 0.445 e. The summed E-state index contributed by atoms with van der Waals surface area (Å²) >= 11 is 0. The van der Waals surface area contributed by atoms with Crippen molar-refractivity contribution >= 4 is 13.8 Å². The van der Waals surface area contributed by atoms with Gasteiger partial charge in [0.2, 0.25) is 0 Å². The van der Waals surface area contributed by atoms with Crippen molar-refractivity contribution in [2.24, 2.45) is 0 Å². The van der Waals surface area contributed by atoms with Gasteiger partial charge >= 0.3 is 13.8 Å². The third kappa shape index (κ3) is 5.79. The molecule has 0 radical (unpaired) electrons. The molecule has 2 N–H and O–H groups in total. The van der Waals surface area contributed by atoms with Crippen LogP contribution in [0, 0.1) is 0 Å². The molecular weight excluding hydrogens is 381 g/mol. The van der Waals surface area contributed by atoms with Crippen LogP contribution in [0.25, 0.3) is 0 Å². The first kappa shape index (κ1) is 19.8. The number of amides is 1. The van der Waals surface area contributed by atoms with Gasteiger partial charge < -0.3 is 14.9 Å². The molecule has 0 spiro atoms. The lowest BCUT2D eigenvalue weighted by Gasteiger charge is -2.12. The molecule has 0 aliphatic rings. The lowest BCUT2D eigenvalue weighted by Crippen LogP contribution is -2.23. The van der Waals surface area contributed by atoms with Crippen molar-refractivity contribution in [3.8, 4) is 0 Å². The maximum Gasteiger partial charge on any atom is 0.437 e. The lowest BCUT2D eigenvalue weighted by molar-refractivity contribution is 0.139. The standard InChI is InChI=1S/C19H20N3O5P/c23-19(26-13-17-4-2-1-3-5-17)21-12-16-6-8-18(9-7-16)14-27-28(24,25)22-11-10-20-15-22/h1-11,15H,12-14H2,(H,21,23)(H,24,25). The summed E-state index contributed by atoms with van der Waals surface area (Å²) in [5.41, 5.74) is 2.51. The van der Waals surface area contributed by atoms with E-state index in [1.807, 2.05) is 30.3 Å². The van der Waals surface area contributed by atoms with E-state index in [-0.39, 0.29) is 13.2 Å². The topological polar surface area (TPSA) is 103 Å². The molecule has 3 rings (SSSR count). The molecule has 0 saturated carbocycles. The van der Waals surface area contributed by atoms with E-state index in [0.717, 1.165) is 21.0 Å². The summed E-state index contributed by atoms with van der Waals surface area (Å²) in [4.78, 5) is 25.4. The Labute approximate surface area is 162 Å². The summed E-state index contributed by atoms with van der Waals surface area (Å²) in [6, 6.07) is 16.6. The molecule has 1 heterocycles. The fourth-order valence-corrected chi connectivity index (χ4v) is 3.20. The van der Waals surface area contributed by atoms with Crippen LogP contribution in [0.15, 0.2) is 73.3 Å². The smallest absolute Gasteiger partial charge is 0.437 e. The minimum atomic E-state index is -3.95. The van der Waals surface area contributed by atoms with Crippen molar-refractivity contribution in [1.29, 1.82) is 0 Å². The molecule has 28 heavy (non-hydrogen) atoms. The molecule has 1 amide bonds. The lowest BCUT2D eigenvalue weighted by atomic mass is 10.1. The van der Waals surface area contributed by atoms with E-state index in [4.69, 9.17) is 9.26 Å². The Morgan fingerprint density at radius 2 is 1.71 bits per heavy atom. The number of hydrogen-bond donors (Lipinski definition) is 2. The Hall–Kier alpha value is -2.93. The van der Waals surface area contributed by atoms with Crippen LogP contribution in [0.2, 0.25) is 0 Å². The summed E-state index contributed by atoms with van der Waals surface area (Å²) < 4.78 is 23.4. The quantitative estimate of drug-likeness (QED) is 0.561. The summed E-state index contributed by atoms with van der Waals surface area (Å²) in [5.74, 6) is 0. The first-order valence-corrected chi connectivity index (χ1v) is 10.0. The summed E-state index contributed by atoms with van der Waals surface area (Å²) in [6.45, 7) is 0.488. The van der Waals surface area contributed by atoms with Crippen LogP contribution in [-0.2, 0) is 33.6 Å². The van der Waals surface area contributed by atoms with Gasteiger partial charge in [0.25, 0.3) is 0 Å². The number of carbonyl (C=O) groups is 1.